The SMILES string of the molecule is C.CC1(C)OB(c2ccc(OCc3ccncc3)cc2F)OC1(C)C. The van der Waals surface area contributed by atoms with Gasteiger partial charge in [-0.05, 0) is 51.5 Å². The molecule has 0 atom stereocenters. The number of hydrogen-bond donors (Lipinski definition) is 0. The lowest BCUT2D eigenvalue weighted by atomic mass is 9.78. The van der Waals surface area contributed by atoms with Crippen molar-refractivity contribution < 1.29 is 18.4 Å². The van der Waals surface area contributed by atoms with Crippen LogP contribution in [0.25, 0.3) is 0 Å². The van der Waals surface area contributed by atoms with Crippen LogP contribution in [0.2, 0.25) is 0 Å². The van der Waals surface area contributed by atoms with Crippen LogP contribution in [0.4, 0.5) is 4.39 Å². The molecule has 0 unspecified atom stereocenters. The van der Waals surface area contributed by atoms with E-state index in [0.29, 0.717) is 17.8 Å². The Morgan fingerprint density at radius 2 is 1.64 bits per heavy atom. The van der Waals surface area contributed by atoms with Crippen molar-refractivity contribution in [3.63, 3.8) is 0 Å². The molecule has 1 saturated heterocycles. The zero-order valence-corrected chi connectivity index (χ0v) is 14.4. The maximum absolute atomic E-state index is 14.5. The topological polar surface area (TPSA) is 40.6 Å². The van der Waals surface area contributed by atoms with E-state index in [4.69, 9.17) is 14.0 Å². The van der Waals surface area contributed by atoms with Crippen LogP contribution in [0.3, 0.4) is 0 Å². The molecule has 0 spiro atoms. The average Bonchev–Trinajstić information content (AvgIpc) is 2.74. The van der Waals surface area contributed by atoms with E-state index in [0.717, 1.165) is 5.56 Å². The van der Waals surface area contributed by atoms with Crippen molar-refractivity contribution in [1.82, 2.24) is 4.98 Å². The Bertz CT molecular complexity index is 706. The van der Waals surface area contributed by atoms with Crippen molar-refractivity contribution >= 4 is 12.6 Å². The number of halogens is 1. The van der Waals surface area contributed by atoms with Crippen molar-refractivity contribution in [2.45, 2.75) is 52.9 Å². The summed E-state index contributed by atoms with van der Waals surface area (Å²) in [5.41, 5.74) is 0.353. The lowest BCUT2D eigenvalue weighted by Crippen LogP contribution is -2.41. The molecule has 2 aromatic rings. The molecule has 6 heteroatoms. The first kappa shape index (κ1) is 19.4. The van der Waals surface area contributed by atoms with Gasteiger partial charge < -0.3 is 14.0 Å². The third-order valence-electron chi connectivity index (χ3n) is 4.63. The molecule has 0 aliphatic carbocycles. The van der Waals surface area contributed by atoms with Crippen LogP contribution >= 0.6 is 0 Å². The number of benzene rings is 1. The van der Waals surface area contributed by atoms with Crippen molar-refractivity contribution in [3.8, 4) is 5.75 Å². The molecule has 0 N–H and O–H groups in total. The third kappa shape index (κ3) is 4.02. The summed E-state index contributed by atoms with van der Waals surface area (Å²) in [6.45, 7) is 8.13. The fraction of sp³-hybridized carbons (Fsp3) is 0.421. The maximum atomic E-state index is 14.5. The molecule has 2 heterocycles. The molecule has 134 valence electrons. The second kappa shape index (κ2) is 7.14. The van der Waals surface area contributed by atoms with Gasteiger partial charge >= 0.3 is 7.12 Å². The van der Waals surface area contributed by atoms with Crippen LogP contribution in [0, 0.1) is 5.82 Å². The number of nitrogens with zero attached hydrogens (tertiary/aromatic N) is 1. The Labute approximate surface area is 149 Å². The molecule has 1 aliphatic rings. The van der Waals surface area contributed by atoms with Gasteiger partial charge in [-0.3, -0.25) is 4.98 Å². The number of ether oxygens (including phenoxy) is 1. The largest absolute Gasteiger partial charge is 0.497 e. The van der Waals surface area contributed by atoms with E-state index in [9.17, 15) is 4.39 Å². The van der Waals surface area contributed by atoms with Gasteiger partial charge in [-0.2, -0.15) is 0 Å². The quantitative estimate of drug-likeness (QED) is 0.792. The standard InChI is InChI=1S/C18H21BFNO3.CH4/c1-17(2)18(3,4)24-19(23-17)15-6-5-14(11-16(15)20)22-12-13-7-9-21-10-8-13;/h5-11H,12H2,1-4H3;1H4. The monoisotopic (exact) mass is 345 g/mol. The van der Waals surface area contributed by atoms with Gasteiger partial charge in [-0.1, -0.05) is 13.5 Å². The zero-order valence-electron chi connectivity index (χ0n) is 14.4. The number of aromatic nitrogens is 1. The lowest BCUT2D eigenvalue weighted by Gasteiger charge is -2.32. The van der Waals surface area contributed by atoms with Crippen LogP contribution < -0.4 is 10.2 Å². The minimum atomic E-state index is -0.718. The zero-order chi connectivity index (χ0) is 17.4. The van der Waals surface area contributed by atoms with Crippen molar-refractivity contribution in [3.05, 3.63) is 54.1 Å². The summed E-state index contributed by atoms with van der Waals surface area (Å²) < 4.78 is 31.9. The fourth-order valence-corrected chi connectivity index (χ4v) is 2.40. The van der Waals surface area contributed by atoms with Gasteiger partial charge in [0.25, 0.3) is 0 Å². The average molecular weight is 345 g/mol. The summed E-state index contributed by atoms with van der Waals surface area (Å²) in [6.07, 6.45) is 3.39. The van der Waals surface area contributed by atoms with E-state index in [1.807, 2.05) is 39.8 Å². The van der Waals surface area contributed by atoms with Gasteiger partial charge in [0.05, 0.1) is 11.2 Å². The molecule has 1 aromatic heterocycles. The fourth-order valence-electron chi connectivity index (χ4n) is 2.40. The summed E-state index contributed by atoms with van der Waals surface area (Å²) in [6, 6.07) is 8.45. The first-order chi connectivity index (χ1) is 11.3. The van der Waals surface area contributed by atoms with Crippen molar-refractivity contribution in [1.29, 1.82) is 0 Å². The Morgan fingerprint density at radius 1 is 1.04 bits per heavy atom. The highest BCUT2D eigenvalue weighted by Gasteiger charge is 2.52. The van der Waals surface area contributed by atoms with Crippen LogP contribution in [0.5, 0.6) is 5.75 Å². The lowest BCUT2D eigenvalue weighted by molar-refractivity contribution is 0.00578. The molecule has 1 fully saturated rings. The normalized spacial score (nSPS) is 17.9. The molecule has 0 saturated carbocycles. The number of rotatable bonds is 4. The van der Waals surface area contributed by atoms with Crippen LogP contribution in [-0.2, 0) is 15.9 Å². The first-order valence-electron chi connectivity index (χ1n) is 7.95. The molecule has 4 nitrogen and oxygen atoms in total. The van der Waals surface area contributed by atoms with Gasteiger partial charge in [0, 0.05) is 23.9 Å². The van der Waals surface area contributed by atoms with E-state index in [2.05, 4.69) is 4.98 Å². The van der Waals surface area contributed by atoms with E-state index in [1.165, 1.54) is 6.07 Å². The Balaban J connectivity index is 0.00000225. The van der Waals surface area contributed by atoms with Crippen molar-refractivity contribution in [2.75, 3.05) is 0 Å². The van der Waals surface area contributed by atoms with Crippen LogP contribution in [0.1, 0.15) is 40.7 Å². The van der Waals surface area contributed by atoms with Gasteiger partial charge in [0.1, 0.15) is 18.2 Å². The molecular weight excluding hydrogens is 320 g/mol. The molecule has 25 heavy (non-hydrogen) atoms. The molecule has 3 rings (SSSR count). The minimum absolute atomic E-state index is 0. The van der Waals surface area contributed by atoms with Crippen molar-refractivity contribution in [2.24, 2.45) is 0 Å². The molecule has 1 aromatic carbocycles. The van der Waals surface area contributed by atoms with Gasteiger partial charge in [-0.15, -0.1) is 0 Å². The summed E-state index contributed by atoms with van der Waals surface area (Å²) in [5.74, 6) is 0.0605. The Morgan fingerprint density at radius 3 is 2.20 bits per heavy atom. The van der Waals surface area contributed by atoms with Crippen LogP contribution in [0.15, 0.2) is 42.7 Å². The molecule has 0 radical (unpaired) electrons. The highest BCUT2D eigenvalue weighted by Crippen LogP contribution is 2.36. The highest BCUT2D eigenvalue weighted by atomic mass is 19.1. The predicted molar refractivity (Wildman–Crippen MR) is 97.4 cm³/mol. The number of pyridine rings is 1. The Hall–Kier alpha value is -1.92. The van der Waals surface area contributed by atoms with Gasteiger partial charge in [0.15, 0.2) is 0 Å². The molecule has 0 bridgehead atoms. The van der Waals surface area contributed by atoms with Gasteiger partial charge in [0.2, 0.25) is 0 Å². The Kier molecular flexibility index (Phi) is 5.54. The predicted octanol–water partition coefficient (Wildman–Crippen LogP) is 3.74. The third-order valence-corrected chi connectivity index (χ3v) is 4.63. The first-order valence-corrected chi connectivity index (χ1v) is 7.95. The van der Waals surface area contributed by atoms with Gasteiger partial charge in [-0.25, -0.2) is 4.39 Å². The number of hydrogen-bond acceptors (Lipinski definition) is 4. The molecule has 1 aliphatic heterocycles. The summed E-state index contributed by atoms with van der Waals surface area (Å²) >= 11 is 0. The summed E-state index contributed by atoms with van der Waals surface area (Å²) in [7, 11) is -0.718. The van der Waals surface area contributed by atoms with E-state index in [-0.39, 0.29) is 7.43 Å². The molecule has 0 amide bonds. The maximum Gasteiger partial charge on any atom is 0.497 e. The second-order valence-corrected chi connectivity index (χ2v) is 6.92. The highest BCUT2D eigenvalue weighted by molar-refractivity contribution is 6.62. The van der Waals surface area contributed by atoms with E-state index in [1.54, 1.807) is 24.5 Å². The summed E-state index contributed by atoms with van der Waals surface area (Å²) in [5, 5.41) is 0. The van der Waals surface area contributed by atoms with E-state index >= 15 is 0 Å². The minimum Gasteiger partial charge on any atom is -0.489 e. The smallest absolute Gasteiger partial charge is 0.489 e. The second-order valence-electron chi connectivity index (χ2n) is 6.92. The van der Waals surface area contributed by atoms with Crippen LogP contribution in [-0.4, -0.2) is 23.3 Å². The summed E-state index contributed by atoms with van der Waals surface area (Å²) in [4.78, 5) is 3.95. The van der Waals surface area contributed by atoms with E-state index < -0.39 is 24.1 Å². The molecular formula is C19H25BFNO3.